The van der Waals surface area contributed by atoms with Gasteiger partial charge in [-0.25, -0.2) is 9.13 Å². The van der Waals surface area contributed by atoms with Gasteiger partial charge in [-0.15, -0.1) is 0 Å². The smallest absolute Gasteiger partial charge is 0.202 e. The van der Waals surface area contributed by atoms with Gasteiger partial charge in [-0.1, -0.05) is 183 Å². The van der Waals surface area contributed by atoms with Crippen LogP contribution in [0.2, 0.25) is 0 Å². The summed E-state index contributed by atoms with van der Waals surface area (Å²) in [5, 5.41) is 0. The molecule has 2 nitrogen and oxygen atoms in total. The first-order valence-corrected chi connectivity index (χ1v) is 17.9. The standard InChI is InChI=1S/C45H51BN2/c1-32(2)39-26-18-27-40(33(3)4)43(39)47-30-31-48(44-41(34(5)6)28-19-29-42(44)35(7)8)45(47)46(36-20-12-9-13-21-36,37-22-14-10-15-23-37)38-24-16-11-17-25-38/h9-35H,1-8H3. The zero-order valence-electron chi connectivity index (χ0n) is 30.1. The van der Waals surface area contributed by atoms with Gasteiger partial charge in [-0.2, -0.15) is 16.4 Å². The summed E-state index contributed by atoms with van der Waals surface area (Å²) in [6, 6.07) is 47.6. The monoisotopic (exact) mass is 630 g/mol. The molecule has 0 aliphatic carbocycles. The van der Waals surface area contributed by atoms with Gasteiger partial charge in [0.2, 0.25) is 6.15 Å². The molecule has 0 radical (unpaired) electrons. The Labute approximate surface area is 289 Å². The van der Waals surface area contributed by atoms with E-state index >= 15 is 0 Å². The summed E-state index contributed by atoms with van der Waals surface area (Å²) >= 11 is 0. The highest BCUT2D eigenvalue weighted by Gasteiger charge is 2.44. The molecule has 0 aliphatic heterocycles. The number of hydrogen-bond donors (Lipinski definition) is 0. The molecule has 0 saturated carbocycles. The van der Waals surface area contributed by atoms with Crippen molar-refractivity contribution >= 4 is 28.3 Å². The number of hydrogen-bond acceptors (Lipinski definition) is 0. The van der Waals surface area contributed by atoms with E-state index in [9.17, 15) is 0 Å². The van der Waals surface area contributed by atoms with Crippen LogP contribution in [0.1, 0.15) is 101 Å². The predicted octanol–water partition coefficient (Wildman–Crippen LogP) is 8.63. The molecule has 5 aromatic carbocycles. The number of nitrogens with zero attached hydrogens (tertiary/aromatic N) is 2. The molecule has 0 saturated heterocycles. The molecule has 3 heteroatoms. The highest BCUT2D eigenvalue weighted by molar-refractivity contribution is 7.19. The molecule has 6 aromatic rings. The first-order chi connectivity index (χ1) is 23.2. The molecule has 0 atom stereocenters. The van der Waals surface area contributed by atoms with Crippen LogP contribution < -0.4 is 26.7 Å². The van der Waals surface area contributed by atoms with Gasteiger partial charge in [0.15, 0.2) is 0 Å². The van der Waals surface area contributed by atoms with Gasteiger partial charge in [-0.05, 0) is 23.7 Å². The quantitative estimate of drug-likeness (QED) is 0.106. The fraction of sp³-hybridized carbons (Fsp3) is 0.267. The molecule has 0 amide bonds. The van der Waals surface area contributed by atoms with E-state index < -0.39 is 6.15 Å². The fourth-order valence-electron chi connectivity index (χ4n) is 8.03. The lowest BCUT2D eigenvalue weighted by Gasteiger charge is -2.41. The van der Waals surface area contributed by atoms with Gasteiger partial charge < -0.3 is 0 Å². The first kappa shape index (κ1) is 33.3. The summed E-state index contributed by atoms with van der Waals surface area (Å²) in [4.78, 5) is 0. The van der Waals surface area contributed by atoms with E-state index in [0.717, 1.165) is 0 Å². The van der Waals surface area contributed by atoms with Crippen LogP contribution in [-0.4, -0.2) is 10.7 Å². The molecule has 0 fully saturated rings. The number of rotatable bonds is 10. The van der Waals surface area contributed by atoms with Gasteiger partial charge in [-0.3, -0.25) is 0 Å². The van der Waals surface area contributed by atoms with Crippen LogP contribution in [0.5, 0.6) is 0 Å². The lowest BCUT2D eigenvalue weighted by Crippen LogP contribution is -2.82. The van der Waals surface area contributed by atoms with Crippen LogP contribution in [0.4, 0.5) is 0 Å². The predicted molar refractivity (Wildman–Crippen MR) is 207 cm³/mol. The van der Waals surface area contributed by atoms with Gasteiger partial charge in [0.1, 0.15) is 23.8 Å². The van der Waals surface area contributed by atoms with Crippen molar-refractivity contribution in [3.8, 4) is 11.4 Å². The number of aromatic nitrogens is 2. The Morgan fingerprint density at radius 2 is 0.792 bits per heavy atom. The van der Waals surface area contributed by atoms with Crippen molar-refractivity contribution < 1.29 is 4.57 Å². The van der Waals surface area contributed by atoms with Crippen molar-refractivity contribution in [3.05, 3.63) is 162 Å². The zero-order chi connectivity index (χ0) is 34.0. The minimum atomic E-state index is -1.72. The molecular formula is C45H51BN2. The summed E-state index contributed by atoms with van der Waals surface area (Å²) in [5.41, 5.74) is 13.2. The molecule has 1 aromatic heterocycles. The minimum absolute atomic E-state index is 0.351. The van der Waals surface area contributed by atoms with E-state index in [0.29, 0.717) is 23.7 Å². The number of benzene rings is 5. The second-order valence-electron chi connectivity index (χ2n) is 14.7. The maximum Gasteiger partial charge on any atom is 0.202 e. The van der Waals surface area contributed by atoms with E-state index in [2.05, 4.69) is 204 Å². The summed E-state index contributed by atoms with van der Waals surface area (Å²) in [6.45, 7) is 18.6. The third kappa shape index (κ3) is 5.74. The van der Waals surface area contributed by atoms with Gasteiger partial charge >= 0.3 is 0 Å². The van der Waals surface area contributed by atoms with Crippen LogP contribution >= 0.6 is 0 Å². The summed E-state index contributed by atoms with van der Waals surface area (Å²) < 4.78 is 5.16. The molecule has 0 aliphatic rings. The van der Waals surface area contributed by atoms with Gasteiger partial charge in [0, 0.05) is 22.3 Å². The highest BCUT2D eigenvalue weighted by Crippen LogP contribution is 2.32. The molecular weight excluding hydrogens is 579 g/mol. The topological polar surface area (TPSA) is 8.81 Å². The molecule has 244 valence electrons. The van der Waals surface area contributed by atoms with Crippen molar-refractivity contribution in [2.45, 2.75) is 79.1 Å². The average Bonchev–Trinajstić information content (AvgIpc) is 3.54. The van der Waals surface area contributed by atoms with E-state index in [1.165, 1.54) is 55.7 Å². The van der Waals surface area contributed by atoms with Gasteiger partial charge in [0.25, 0.3) is 0 Å². The third-order valence-electron chi connectivity index (χ3n) is 10.3. The van der Waals surface area contributed by atoms with Crippen molar-refractivity contribution in [2.75, 3.05) is 0 Å². The van der Waals surface area contributed by atoms with Crippen LogP contribution in [0, 0.1) is 0 Å². The van der Waals surface area contributed by atoms with E-state index in [-0.39, 0.29) is 0 Å². The Balaban J connectivity index is 1.93. The van der Waals surface area contributed by atoms with Crippen LogP contribution in [-0.2, 0) is 0 Å². The normalized spacial score (nSPS) is 12.1. The molecule has 48 heavy (non-hydrogen) atoms. The van der Waals surface area contributed by atoms with Crippen molar-refractivity contribution in [2.24, 2.45) is 0 Å². The van der Waals surface area contributed by atoms with Crippen molar-refractivity contribution in [3.63, 3.8) is 0 Å². The fourth-order valence-corrected chi connectivity index (χ4v) is 8.03. The summed E-state index contributed by atoms with van der Waals surface area (Å²) in [6.07, 6.45) is 2.99. The van der Waals surface area contributed by atoms with Crippen molar-refractivity contribution in [1.82, 2.24) is 4.57 Å². The SMILES string of the molecule is CC(C)c1cccc(C(C)C)c1-n1cc[n+](-c2c(C(C)C)cccc2C(C)C)c1[B-](c1ccccc1)(c1ccccc1)c1ccccc1. The Hall–Kier alpha value is -4.63. The Bertz CT molecular complexity index is 1740. The molecule has 0 unspecified atom stereocenters. The molecule has 0 bridgehead atoms. The van der Waals surface area contributed by atoms with Crippen LogP contribution in [0.15, 0.2) is 140 Å². The molecule has 0 N–H and O–H groups in total. The molecule has 1 heterocycles. The Kier molecular flexibility index (Phi) is 9.60. The van der Waals surface area contributed by atoms with E-state index in [1.54, 1.807) is 0 Å². The largest absolute Gasteiger partial charge is 0.235 e. The van der Waals surface area contributed by atoms with E-state index in [4.69, 9.17) is 0 Å². The Morgan fingerprint density at radius 1 is 0.438 bits per heavy atom. The van der Waals surface area contributed by atoms with Crippen molar-refractivity contribution in [1.29, 1.82) is 0 Å². The lowest BCUT2D eigenvalue weighted by atomic mass is 9.15. The van der Waals surface area contributed by atoms with Gasteiger partial charge in [0.05, 0.1) is 5.72 Å². The summed E-state index contributed by atoms with van der Waals surface area (Å²) in [5.74, 6) is 1.40. The molecule has 0 spiro atoms. The maximum atomic E-state index is 2.58. The molecule has 6 rings (SSSR count). The number of para-hydroxylation sites is 2. The average molecular weight is 631 g/mol. The van der Waals surface area contributed by atoms with E-state index in [1.807, 2.05) is 0 Å². The second-order valence-corrected chi connectivity index (χ2v) is 14.7. The Morgan fingerprint density at radius 3 is 1.15 bits per heavy atom. The van der Waals surface area contributed by atoms with Crippen LogP contribution in [0.25, 0.3) is 11.4 Å². The second kappa shape index (κ2) is 13.8. The minimum Gasteiger partial charge on any atom is -0.235 e. The third-order valence-corrected chi connectivity index (χ3v) is 10.3. The zero-order valence-corrected chi connectivity index (χ0v) is 30.1. The summed E-state index contributed by atoms with van der Waals surface area (Å²) in [7, 11) is 0. The lowest BCUT2D eigenvalue weighted by molar-refractivity contribution is -0.577. The maximum absolute atomic E-state index is 2.58. The highest BCUT2D eigenvalue weighted by atomic mass is 15.2. The first-order valence-electron chi connectivity index (χ1n) is 17.9. The van der Waals surface area contributed by atoms with Crippen LogP contribution in [0.3, 0.4) is 0 Å². The number of imidazole rings is 1.